The van der Waals surface area contributed by atoms with Crippen LogP contribution in [0.5, 0.6) is 0 Å². The lowest BCUT2D eigenvalue weighted by molar-refractivity contribution is -0.0755. The van der Waals surface area contributed by atoms with Crippen molar-refractivity contribution in [2.24, 2.45) is 0 Å². The van der Waals surface area contributed by atoms with E-state index in [0.717, 1.165) is 6.07 Å². The van der Waals surface area contributed by atoms with Gasteiger partial charge in [0.25, 0.3) is 0 Å². The molecular weight excluding hydrogens is 252 g/mol. The van der Waals surface area contributed by atoms with E-state index in [2.05, 4.69) is 5.32 Å². The van der Waals surface area contributed by atoms with E-state index in [9.17, 15) is 13.9 Å². The molecule has 0 saturated carbocycles. The smallest absolute Gasteiger partial charge is 0.126 e. The van der Waals surface area contributed by atoms with E-state index in [1.807, 2.05) is 0 Å². The Balaban J connectivity index is 1.77. The zero-order valence-corrected chi connectivity index (χ0v) is 10.5. The molecule has 2 fully saturated rings. The highest BCUT2D eigenvalue weighted by Gasteiger charge is 2.41. The number of hydrogen-bond donors (Lipinski definition) is 2. The molecule has 2 saturated heterocycles. The maximum atomic E-state index is 13.2. The first-order chi connectivity index (χ1) is 9.02. The minimum Gasteiger partial charge on any atom is -0.389 e. The molecule has 0 amide bonds. The lowest BCUT2D eigenvalue weighted by atomic mass is 9.79. The lowest BCUT2D eigenvalue weighted by Crippen LogP contribution is -2.60. The topological polar surface area (TPSA) is 41.5 Å². The molecule has 1 aromatic rings. The van der Waals surface area contributed by atoms with Crippen molar-refractivity contribution < 1.29 is 18.6 Å². The minimum atomic E-state index is -0.912. The summed E-state index contributed by atoms with van der Waals surface area (Å²) in [5, 5.41) is 14.1. The fourth-order valence-electron chi connectivity index (χ4n) is 3.26. The Morgan fingerprint density at radius 1 is 1.16 bits per heavy atom. The molecule has 2 heterocycles. The quantitative estimate of drug-likeness (QED) is 0.852. The highest BCUT2D eigenvalue weighted by atomic mass is 19.1. The van der Waals surface area contributed by atoms with Crippen LogP contribution in [0, 0.1) is 11.6 Å². The molecule has 0 aromatic heterocycles. The number of piperidine rings is 1. The van der Waals surface area contributed by atoms with Gasteiger partial charge in [-0.25, -0.2) is 8.78 Å². The number of ether oxygens (including phenoxy) is 1. The summed E-state index contributed by atoms with van der Waals surface area (Å²) < 4.78 is 31.8. The molecule has 2 aliphatic heterocycles. The molecule has 2 bridgehead atoms. The Kier molecular flexibility index (Phi) is 3.28. The summed E-state index contributed by atoms with van der Waals surface area (Å²) in [6.45, 7) is 1.16. The highest BCUT2D eigenvalue weighted by molar-refractivity contribution is 5.20. The van der Waals surface area contributed by atoms with Gasteiger partial charge < -0.3 is 15.2 Å². The maximum Gasteiger partial charge on any atom is 0.126 e. The molecule has 3 rings (SSSR count). The van der Waals surface area contributed by atoms with E-state index in [-0.39, 0.29) is 18.5 Å². The second-order valence-electron chi connectivity index (χ2n) is 5.69. The van der Waals surface area contributed by atoms with Gasteiger partial charge in [-0.3, -0.25) is 0 Å². The lowest BCUT2D eigenvalue weighted by Gasteiger charge is -2.45. The predicted octanol–water partition coefficient (Wildman–Crippen LogP) is 1.39. The summed E-state index contributed by atoms with van der Waals surface area (Å²) in [6.07, 6.45) is 1.36. The number of morpholine rings is 1. The van der Waals surface area contributed by atoms with Crippen LogP contribution in [0.15, 0.2) is 18.2 Å². The summed E-state index contributed by atoms with van der Waals surface area (Å²) in [5.41, 5.74) is -0.411. The normalized spacial score (nSPS) is 34.3. The third-order valence-electron chi connectivity index (χ3n) is 3.82. The Morgan fingerprint density at radius 3 is 2.32 bits per heavy atom. The van der Waals surface area contributed by atoms with E-state index in [1.165, 1.54) is 12.1 Å². The van der Waals surface area contributed by atoms with E-state index >= 15 is 0 Å². The van der Waals surface area contributed by atoms with Crippen molar-refractivity contribution in [1.82, 2.24) is 5.32 Å². The number of rotatable bonds is 2. The Hall–Kier alpha value is -1.04. The Morgan fingerprint density at radius 2 is 1.74 bits per heavy atom. The second-order valence-corrected chi connectivity index (χ2v) is 5.69. The summed E-state index contributed by atoms with van der Waals surface area (Å²) in [5.74, 6) is -1.20. The van der Waals surface area contributed by atoms with Gasteiger partial charge in [0.05, 0.1) is 18.8 Å². The van der Waals surface area contributed by atoms with E-state index < -0.39 is 17.2 Å². The zero-order valence-electron chi connectivity index (χ0n) is 10.5. The minimum absolute atomic E-state index is 0.121. The van der Waals surface area contributed by atoms with Crippen LogP contribution in [0.1, 0.15) is 18.4 Å². The molecule has 5 heteroatoms. The predicted molar refractivity (Wildman–Crippen MR) is 65.8 cm³/mol. The van der Waals surface area contributed by atoms with Crippen LogP contribution in [0.25, 0.3) is 0 Å². The molecule has 0 radical (unpaired) electrons. The first kappa shape index (κ1) is 13.0. The van der Waals surface area contributed by atoms with Crippen molar-refractivity contribution in [2.45, 2.75) is 36.9 Å². The van der Waals surface area contributed by atoms with E-state index in [4.69, 9.17) is 4.74 Å². The molecule has 2 N–H and O–H groups in total. The van der Waals surface area contributed by atoms with Crippen molar-refractivity contribution in [2.75, 3.05) is 13.2 Å². The third kappa shape index (κ3) is 2.94. The zero-order chi connectivity index (χ0) is 13.5. The maximum absolute atomic E-state index is 13.2. The van der Waals surface area contributed by atoms with Crippen LogP contribution < -0.4 is 5.32 Å². The van der Waals surface area contributed by atoms with Gasteiger partial charge in [0.2, 0.25) is 0 Å². The first-order valence-corrected chi connectivity index (χ1v) is 6.54. The van der Waals surface area contributed by atoms with Gasteiger partial charge in [0, 0.05) is 24.6 Å². The van der Waals surface area contributed by atoms with Gasteiger partial charge in [0.1, 0.15) is 11.6 Å². The summed E-state index contributed by atoms with van der Waals surface area (Å²) >= 11 is 0. The van der Waals surface area contributed by atoms with Crippen molar-refractivity contribution in [3.63, 3.8) is 0 Å². The number of halogens is 2. The molecule has 0 spiro atoms. The average molecular weight is 269 g/mol. The van der Waals surface area contributed by atoms with Gasteiger partial charge in [-0.2, -0.15) is 0 Å². The van der Waals surface area contributed by atoms with Crippen molar-refractivity contribution in [3.05, 3.63) is 35.4 Å². The van der Waals surface area contributed by atoms with Crippen LogP contribution in [0.3, 0.4) is 0 Å². The van der Waals surface area contributed by atoms with E-state index in [1.54, 1.807) is 0 Å². The average Bonchev–Trinajstić information content (AvgIpc) is 2.25. The van der Waals surface area contributed by atoms with Crippen LogP contribution >= 0.6 is 0 Å². The van der Waals surface area contributed by atoms with Crippen LogP contribution in [0.2, 0.25) is 0 Å². The summed E-state index contributed by atoms with van der Waals surface area (Å²) in [4.78, 5) is 0. The standard InChI is InChI=1S/C14H17F2NO2/c15-10-1-9(2-11(16)3-10)4-14(18)5-12-7-19-8-13(6-14)17-12/h1-3,12-13,17-18H,4-8H2. The van der Waals surface area contributed by atoms with Crippen molar-refractivity contribution >= 4 is 0 Å². The summed E-state index contributed by atoms with van der Waals surface area (Å²) in [7, 11) is 0. The Bertz CT molecular complexity index is 448. The molecule has 2 aliphatic rings. The number of benzene rings is 1. The number of fused-ring (bicyclic) bond motifs is 2. The number of aliphatic hydroxyl groups is 1. The molecule has 2 atom stereocenters. The second kappa shape index (κ2) is 4.81. The fourth-order valence-corrected chi connectivity index (χ4v) is 3.26. The number of nitrogens with one attached hydrogen (secondary N) is 1. The van der Waals surface area contributed by atoms with Gasteiger partial charge >= 0.3 is 0 Å². The largest absolute Gasteiger partial charge is 0.389 e. The Labute approximate surface area is 110 Å². The highest BCUT2D eigenvalue weighted by Crippen LogP contribution is 2.31. The number of hydrogen-bond acceptors (Lipinski definition) is 3. The van der Waals surface area contributed by atoms with Crippen LogP contribution in [0.4, 0.5) is 8.78 Å². The van der Waals surface area contributed by atoms with Gasteiger partial charge in [-0.1, -0.05) is 0 Å². The molecule has 0 aliphatic carbocycles. The molecule has 2 unspecified atom stereocenters. The summed E-state index contributed by atoms with van der Waals surface area (Å²) in [6, 6.07) is 3.66. The monoisotopic (exact) mass is 269 g/mol. The van der Waals surface area contributed by atoms with Crippen molar-refractivity contribution in [1.29, 1.82) is 0 Å². The van der Waals surface area contributed by atoms with Gasteiger partial charge in [0.15, 0.2) is 0 Å². The molecule has 3 nitrogen and oxygen atoms in total. The van der Waals surface area contributed by atoms with Crippen LogP contribution in [-0.2, 0) is 11.2 Å². The molecular formula is C14H17F2NO2. The van der Waals surface area contributed by atoms with Crippen molar-refractivity contribution in [3.8, 4) is 0 Å². The van der Waals surface area contributed by atoms with Gasteiger partial charge in [-0.15, -0.1) is 0 Å². The fraction of sp³-hybridized carbons (Fsp3) is 0.571. The molecule has 1 aromatic carbocycles. The SMILES string of the molecule is OC1(Cc2cc(F)cc(F)c2)CC2COCC(C1)N2. The first-order valence-electron chi connectivity index (χ1n) is 6.54. The third-order valence-corrected chi connectivity index (χ3v) is 3.82. The molecule has 104 valence electrons. The van der Waals surface area contributed by atoms with E-state index in [0.29, 0.717) is 31.6 Å². The molecule has 19 heavy (non-hydrogen) atoms. The van der Waals surface area contributed by atoms with Gasteiger partial charge in [-0.05, 0) is 30.5 Å². The van der Waals surface area contributed by atoms with Crippen LogP contribution in [-0.4, -0.2) is 36.0 Å².